The lowest BCUT2D eigenvalue weighted by Gasteiger charge is -2.16. The molecular formula is C13H14BrN3O. The van der Waals surface area contributed by atoms with Crippen LogP contribution in [0.4, 0.5) is 5.69 Å². The minimum Gasteiger partial charge on any atom is -0.384 e. The van der Waals surface area contributed by atoms with Crippen molar-refractivity contribution >= 4 is 21.6 Å². The topological polar surface area (TPSA) is 50.1 Å². The lowest BCUT2D eigenvalue weighted by atomic mass is 10.0. The van der Waals surface area contributed by atoms with Gasteiger partial charge in [-0.05, 0) is 27.9 Å². The molecule has 1 aliphatic rings. The van der Waals surface area contributed by atoms with Crippen LogP contribution in [0.2, 0.25) is 0 Å². The zero-order chi connectivity index (χ0) is 12.7. The Labute approximate surface area is 114 Å². The number of hydrogen-bond acceptors (Lipinski definition) is 3. The van der Waals surface area contributed by atoms with Crippen molar-refractivity contribution in [2.75, 3.05) is 11.9 Å². The minimum absolute atomic E-state index is 0.674. The van der Waals surface area contributed by atoms with E-state index in [4.69, 9.17) is 0 Å². The third kappa shape index (κ3) is 1.74. The summed E-state index contributed by atoms with van der Waals surface area (Å²) in [6, 6.07) is 6.06. The Hall–Kier alpha value is -1.33. The van der Waals surface area contributed by atoms with Crippen molar-refractivity contribution in [3.63, 3.8) is 0 Å². The van der Waals surface area contributed by atoms with Gasteiger partial charge in [-0.1, -0.05) is 18.2 Å². The van der Waals surface area contributed by atoms with Crippen LogP contribution in [0.1, 0.15) is 22.9 Å². The van der Waals surface area contributed by atoms with Gasteiger partial charge in [0.15, 0.2) is 0 Å². The Morgan fingerprint density at radius 2 is 2.33 bits per heavy atom. The van der Waals surface area contributed by atoms with Crippen LogP contribution in [0.15, 0.2) is 28.9 Å². The molecule has 3 rings (SSSR count). The third-order valence-corrected chi connectivity index (χ3v) is 3.98. The van der Waals surface area contributed by atoms with E-state index >= 15 is 0 Å². The second-order valence-electron chi connectivity index (χ2n) is 4.46. The average Bonchev–Trinajstić information content (AvgIpc) is 2.95. The molecule has 0 radical (unpaired) electrons. The molecular weight excluding hydrogens is 294 g/mol. The molecule has 4 nitrogen and oxygen atoms in total. The van der Waals surface area contributed by atoms with Gasteiger partial charge in [-0.3, -0.25) is 4.68 Å². The molecule has 0 saturated carbocycles. The highest BCUT2D eigenvalue weighted by molar-refractivity contribution is 9.10. The first kappa shape index (κ1) is 11.7. The fraction of sp³-hybridized carbons (Fsp3) is 0.308. The Balaban J connectivity index is 2.08. The molecule has 5 heteroatoms. The molecule has 2 aromatic rings. The van der Waals surface area contributed by atoms with Crippen LogP contribution >= 0.6 is 15.9 Å². The molecule has 1 aliphatic heterocycles. The van der Waals surface area contributed by atoms with Gasteiger partial charge in [-0.25, -0.2) is 0 Å². The lowest BCUT2D eigenvalue weighted by molar-refractivity contribution is 0.209. The van der Waals surface area contributed by atoms with E-state index in [0.29, 0.717) is 0 Å². The molecule has 1 atom stereocenters. The smallest absolute Gasteiger partial charge is 0.124 e. The third-order valence-electron chi connectivity index (χ3n) is 3.37. The highest BCUT2D eigenvalue weighted by Gasteiger charge is 2.23. The number of fused-ring (bicyclic) bond motifs is 1. The lowest BCUT2D eigenvalue weighted by Crippen LogP contribution is -2.09. The van der Waals surface area contributed by atoms with Gasteiger partial charge in [0.1, 0.15) is 6.10 Å². The van der Waals surface area contributed by atoms with Crippen LogP contribution in [0.3, 0.4) is 0 Å². The zero-order valence-corrected chi connectivity index (χ0v) is 11.6. The second kappa shape index (κ2) is 4.40. The Bertz CT molecular complexity index is 574. The first-order chi connectivity index (χ1) is 8.68. The molecule has 0 aliphatic carbocycles. The maximum absolute atomic E-state index is 10.6. The van der Waals surface area contributed by atoms with Crippen molar-refractivity contribution in [3.05, 3.63) is 45.7 Å². The summed E-state index contributed by atoms with van der Waals surface area (Å²) in [7, 11) is 1.83. The number of aliphatic hydroxyl groups excluding tert-OH is 1. The van der Waals surface area contributed by atoms with Gasteiger partial charge in [0, 0.05) is 24.8 Å². The number of nitrogens with one attached hydrogen (secondary N) is 1. The summed E-state index contributed by atoms with van der Waals surface area (Å²) >= 11 is 3.43. The number of aryl methyl sites for hydroxylation is 1. The van der Waals surface area contributed by atoms with Crippen LogP contribution in [0, 0.1) is 0 Å². The summed E-state index contributed by atoms with van der Waals surface area (Å²) in [6.45, 7) is 0.936. The average molecular weight is 308 g/mol. The van der Waals surface area contributed by atoms with Gasteiger partial charge in [-0.15, -0.1) is 0 Å². The second-order valence-corrected chi connectivity index (χ2v) is 5.32. The number of anilines is 1. The molecule has 0 saturated heterocycles. The van der Waals surface area contributed by atoms with E-state index in [9.17, 15) is 5.11 Å². The molecule has 0 bridgehead atoms. The van der Waals surface area contributed by atoms with Gasteiger partial charge in [0.25, 0.3) is 0 Å². The van der Waals surface area contributed by atoms with Crippen LogP contribution in [0.25, 0.3) is 0 Å². The van der Waals surface area contributed by atoms with Crippen LogP contribution in [-0.2, 0) is 13.5 Å². The quantitative estimate of drug-likeness (QED) is 0.894. The SMILES string of the molecule is Cn1ncc(Br)c1C(O)c1cccc2c1NCC2. The number of benzene rings is 1. The van der Waals surface area contributed by atoms with Crippen molar-refractivity contribution in [3.8, 4) is 0 Å². The summed E-state index contributed by atoms with van der Waals surface area (Å²) in [5.74, 6) is 0. The predicted octanol–water partition coefficient (Wildman–Crippen LogP) is 2.23. The summed E-state index contributed by atoms with van der Waals surface area (Å²) in [5.41, 5.74) is 4.02. The van der Waals surface area contributed by atoms with E-state index in [1.807, 2.05) is 19.2 Å². The standard InChI is InChI=1S/C13H14BrN3O/c1-17-12(10(14)7-16-17)13(18)9-4-2-3-8-5-6-15-11(8)9/h2-4,7,13,15,18H,5-6H2,1H3. The van der Waals surface area contributed by atoms with E-state index in [1.165, 1.54) is 5.56 Å². The number of rotatable bonds is 2. The monoisotopic (exact) mass is 307 g/mol. The molecule has 2 N–H and O–H groups in total. The number of nitrogens with zero attached hydrogens (tertiary/aromatic N) is 2. The summed E-state index contributed by atoms with van der Waals surface area (Å²) in [5, 5.41) is 18.1. The van der Waals surface area contributed by atoms with Crippen molar-refractivity contribution in [2.24, 2.45) is 7.05 Å². The fourth-order valence-electron chi connectivity index (χ4n) is 2.47. The fourth-order valence-corrected chi connectivity index (χ4v) is 3.03. The molecule has 18 heavy (non-hydrogen) atoms. The molecule has 94 valence electrons. The highest BCUT2D eigenvalue weighted by atomic mass is 79.9. The van der Waals surface area contributed by atoms with E-state index in [2.05, 4.69) is 32.4 Å². The maximum Gasteiger partial charge on any atom is 0.124 e. The van der Waals surface area contributed by atoms with Gasteiger partial charge in [-0.2, -0.15) is 5.10 Å². The predicted molar refractivity (Wildman–Crippen MR) is 73.6 cm³/mol. The van der Waals surface area contributed by atoms with Crippen LogP contribution in [0.5, 0.6) is 0 Å². The first-order valence-electron chi connectivity index (χ1n) is 5.89. The molecule has 0 amide bonds. The minimum atomic E-state index is -0.674. The number of aromatic nitrogens is 2. The van der Waals surface area contributed by atoms with Crippen LogP contribution in [-0.4, -0.2) is 21.4 Å². The zero-order valence-electron chi connectivity index (χ0n) is 10.0. The number of halogens is 1. The largest absolute Gasteiger partial charge is 0.384 e. The van der Waals surface area contributed by atoms with Gasteiger partial charge in [0.05, 0.1) is 16.4 Å². The highest BCUT2D eigenvalue weighted by Crippen LogP contribution is 2.35. The molecule has 1 aromatic heterocycles. The molecule has 2 heterocycles. The van der Waals surface area contributed by atoms with Gasteiger partial charge >= 0.3 is 0 Å². The number of para-hydroxylation sites is 1. The van der Waals surface area contributed by atoms with E-state index in [-0.39, 0.29) is 0 Å². The van der Waals surface area contributed by atoms with E-state index < -0.39 is 6.10 Å². The Morgan fingerprint density at radius 1 is 1.50 bits per heavy atom. The first-order valence-corrected chi connectivity index (χ1v) is 6.69. The molecule has 0 spiro atoms. The number of aliphatic hydroxyl groups is 1. The van der Waals surface area contributed by atoms with Crippen LogP contribution < -0.4 is 5.32 Å². The number of hydrogen-bond donors (Lipinski definition) is 2. The molecule has 0 fully saturated rings. The summed E-state index contributed by atoms with van der Waals surface area (Å²) in [4.78, 5) is 0. The summed E-state index contributed by atoms with van der Waals surface area (Å²) < 4.78 is 2.52. The Kier molecular flexibility index (Phi) is 2.87. The maximum atomic E-state index is 10.6. The van der Waals surface area contributed by atoms with Crippen molar-refractivity contribution < 1.29 is 5.11 Å². The van der Waals surface area contributed by atoms with Crippen molar-refractivity contribution in [1.82, 2.24) is 9.78 Å². The molecule has 1 aromatic carbocycles. The van der Waals surface area contributed by atoms with Crippen molar-refractivity contribution in [1.29, 1.82) is 0 Å². The van der Waals surface area contributed by atoms with E-state index in [0.717, 1.165) is 34.4 Å². The summed E-state index contributed by atoms with van der Waals surface area (Å²) in [6.07, 6.45) is 2.05. The van der Waals surface area contributed by atoms with Crippen molar-refractivity contribution in [2.45, 2.75) is 12.5 Å². The molecule has 1 unspecified atom stereocenters. The normalized spacial score (nSPS) is 15.3. The Morgan fingerprint density at radius 3 is 3.06 bits per heavy atom. The van der Waals surface area contributed by atoms with Gasteiger partial charge < -0.3 is 10.4 Å². The van der Waals surface area contributed by atoms with E-state index in [1.54, 1.807) is 10.9 Å². The van der Waals surface area contributed by atoms with Gasteiger partial charge in [0.2, 0.25) is 0 Å².